The Hall–Kier alpha value is -0.520. The second-order valence-electron chi connectivity index (χ2n) is 3.97. The van der Waals surface area contributed by atoms with Crippen molar-refractivity contribution >= 4 is 0 Å². The third-order valence-corrected chi connectivity index (χ3v) is 2.54. The number of rotatable bonds is 0. The first-order valence-electron chi connectivity index (χ1n) is 3.88. The summed E-state index contributed by atoms with van der Waals surface area (Å²) in [6.07, 6.45) is 5.55. The first-order chi connectivity index (χ1) is 4.52. The quantitative estimate of drug-likeness (QED) is 0.480. The molecule has 0 saturated carbocycles. The highest BCUT2D eigenvalue weighted by Crippen LogP contribution is 2.37. The molecule has 0 aliphatic heterocycles. The van der Waals surface area contributed by atoms with Crippen LogP contribution in [0.4, 0.5) is 0 Å². The van der Waals surface area contributed by atoms with Crippen LogP contribution >= 0.6 is 0 Å². The van der Waals surface area contributed by atoms with Gasteiger partial charge in [0.2, 0.25) is 0 Å². The van der Waals surface area contributed by atoms with Gasteiger partial charge in [0, 0.05) is 0 Å². The summed E-state index contributed by atoms with van der Waals surface area (Å²) in [4.78, 5) is 0. The van der Waals surface area contributed by atoms with E-state index in [1.807, 2.05) is 0 Å². The monoisotopic (exact) mass is 136 g/mol. The molecule has 0 spiro atoms. The minimum atomic E-state index is 0.422. The average molecular weight is 136 g/mol. The summed E-state index contributed by atoms with van der Waals surface area (Å²) in [6, 6.07) is 0. The lowest BCUT2D eigenvalue weighted by Gasteiger charge is -2.33. The number of hydrogen-bond donors (Lipinski definition) is 0. The number of hydrogen-bond acceptors (Lipinski definition) is 0. The van der Waals surface area contributed by atoms with Gasteiger partial charge in [0.25, 0.3) is 0 Å². The molecular formula is C10H16. The van der Waals surface area contributed by atoms with E-state index < -0.39 is 0 Å². The van der Waals surface area contributed by atoms with Crippen LogP contribution in [0.15, 0.2) is 24.3 Å². The van der Waals surface area contributed by atoms with E-state index in [1.165, 1.54) is 5.57 Å². The summed E-state index contributed by atoms with van der Waals surface area (Å²) in [7, 11) is 0. The van der Waals surface area contributed by atoms with Gasteiger partial charge >= 0.3 is 0 Å². The summed E-state index contributed by atoms with van der Waals surface area (Å²) >= 11 is 0. The summed E-state index contributed by atoms with van der Waals surface area (Å²) in [5, 5.41) is 0. The maximum atomic E-state index is 3.96. The molecule has 0 aromatic rings. The topological polar surface area (TPSA) is 0 Å². The van der Waals surface area contributed by atoms with Crippen LogP contribution in [0.2, 0.25) is 0 Å². The van der Waals surface area contributed by atoms with Gasteiger partial charge in [-0.15, -0.1) is 0 Å². The van der Waals surface area contributed by atoms with Gasteiger partial charge < -0.3 is 0 Å². The fourth-order valence-electron chi connectivity index (χ4n) is 1.35. The molecule has 0 radical (unpaired) electrons. The van der Waals surface area contributed by atoms with Gasteiger partial charge in [0.05, 0.1) is 0 Å². The van der Waals surface area contributed by atoms with Gasteiger partial charge in [0.15, 0.2) is 0 Å². The summed E-state index contributed by atoms with van der Waals surface area (Å²) in [5.74, 6) is 0.693. The van der Waals surface area contributed by atoms with Crippen molar-refractivity contribution < 1.29 is 0 Å². The average Bonchev–Trinajstić information content (AvgIpc) is 1.78. The van der Waals surface area contributed by atoms with Crippen molar-refractivity contribution in [3.8, 4) is 0 Å². The maximum Gasteiger partial charge on any atom is -0.0204 e. The molecule has 0 aromatic carbocycles. The summed E-state index contributed by atoms with van der Waals surface area (Å²) < 4.78 is 0. The van der Waals surface area contributed by atoms with E-state index in [-0.39, 0.29) is 0 Å². The Balaban J connectivity index is 2.82. The minimum absolute atomic E-state index is 0.422. The Bertz CT molecular complexity index is 172. The molecule has 0 heteroatoms. The zero-order valence-corrected chi connectivity index (χ0v) is 7.15. The zero-order chi connectivity index (χ0) is 7.78. The van der Waals surface area contributed by atoms with E-state index in [0.29, 0.717) is 11.3 Å². The normalized spacial score (nSPS) is 30.7. The third-order valence-electron chi connectivity index (χ3n) is 2.54. The Morgan fingerprint density at radius 1 is 1.60 bits per heavy atom. The fourth-order valence-corrected chi connectivity index (χ4v) is 1.35. The smallest absolute Gasteiger partial charge is 0.0204 e. The van der Waals surface area contributed by atoms with Crippen molar-refractivity contribution in [1.82, 2.24) is 0 Å². The second kappa shape index (κ2) is 2.26. The van der Waals surface area contributed by atoms with Crippen molar-refractivity contribution in [3.63, 3.8) is 0 Å². The molecule has 56 valence electrons. The van der Waals surface area contributed by atoms with E-state index in [2.05, 4.69) is 39.5 Å². The minimum Gasteiger partial charge on any atom is -0.0958 e. The summed E-state index contributed by atoms with van der Waals surface area (Å²) in [5.41, 5.74) is 1.69. The molecular weight excluding hydrogens is 120 g/mol. The van der Waals surface area contributed by atoms with Crippen molar-refractivity contribution in [2.45, 2.75) is 27.2 Å². The molecule has 0 bridgehead atoms. The SMILES string of the molecule is C=C1C=CC(C)C(C)(C)C1. The van der Waals surface area contributed by atoms with E-state index in [0.717, 1.165) is 6.42 Å². The molecule has 0 heterocycles. The lowest BCUT2D eigenvalue weighted by molar-refractivity contribution is 0.269. The highest BCUT2D eigenvalue weighted by molar-refractivity contribution is 5.22. The van der Waals surface area contributed by atoms with Crippen LogP contribution in [-0.2, 0) is 0 Å². The van der Waals surface area contributed by atoms with E-state index in [4.69, 9.17) is 0 Å². The second-order valence-corrected chi connectivity index (χ2v) is 3.97. The molecule has 0 N–H and O–H groups in total. The molecule has 10 heavy (non-hydrogen) atoms. The first-order valence-corrected chi connectivity index (χ1v) is 3.88. The molecule has 0 fully saturated rings. The predicted octanol–water partition coefficient (Wildman–Crippen LogP) is 3.16. The van der Waals surface area contributed by atoms with Gasteiger partial charge in [-0.05, 0) is 17.8 Å². The van der Waals surface area contributed by atoms with Crippen LogP contribution in [-0.4, -0.2) is 0 Å². The van der Waals surface area contributed by atoms with Crippen LogP contribution in [0, 0.1) is 11.3 Å². The summed E-state index contributed by atoms with van der Waals surface area (Å²) in [6.45, 7) is 10.8. The van der Waals surface area contributed by atoms with Gasteiger partial charge in [-0.2, -0.15) is 0 Å². The van der Waals surface area contributed by atoms with Gasteiger partial charge in [-0.3, -0.25) is 0 Å². The molecule has 0 nitrogen and oxygen atoms in total. The zero-order valence-electron chi connectivity index (χ0n) is 7.15. The number of allylic oxidation sites excluding steroid dienone is 3. The molecule has 1 rings (SSSR count). The standard InChI is InChI=1S/C10H16/c1-8-5-6-9(2)10(3,4)7-8/h5-6,9H,1,7H2,2-4H3. The predicted molar refractivity (Wildman–Crippen MR) is 45.8 cm³/mol. The largest absolute Gasteiger partial charge is 0.0958 e. The lowest BCUT2D eigenvalue weighted by atomic mass is 9.72. The molecule has 1 atom stereocenters. The van der Waals surface area contributed by atoms with Gasteiger partial charge in [0.1, 0.15) is 0 Å². The van der Waals surface area contributed by atoms with E-state index in [1.54, 1.807) is 0 Å². The highest BCUT2D eigenvalue weighted by atomic mass is 14.3. The highest BCUT2D eigenvalue weighted by Gasteiger charge is 2.26. The molecule has 0 aromatic heterocycles. The Morgan fingerprint density at radius 2 is 2.20 bits per heavy atom. The third kappa shape index (κ3) is 1.31. The van der Waals surface area contributed by atoms with E-state index >= 15 is 0 Å². The molecule has 1 aliphatic rings. The molecule has 0 amide bonds. The molecule has 1 aliphatic carbocycles. The lowest BCUT2D eigenvalue weighted by Crippen LogP contribution is -2.22. The van der Waals surface area contributed by atoms with Gasteiger partial charge in [-0.25, -0.2) is 0 Å². The maximum absolute atomic E-state index is 3.96. The fraction of sp³-hybridized carbons (Fsp3) is 0.600. The van der Waals surface area contributed by atoms with Crippen LogP contribution in [0.25, 0.3) is 0 Å². The van der Waals surface area contributed by atoms with Gasteiger partial charge in [-0.1, -0.05) is 45.1 Å². The van der Waals surface area contributed by atoms with Crippen molar-refractivity contribution in [3.05, 3.63) is 24.3 Å². The Morgan fingerprint density at radius 3 is 2.60 bits per heavy atom. The Kier molecular flexibility index (Phi) is 1.72. The Labute approximate surface area is 63.6 Å². The van der Waals surface area contributed by atoms with Crippen LogP contribution < -0.4 is 0 Å². The van der Waals surface area contributed by atoms with Crippen molar-refractivity contribution in [2.75, 3.05) is 0 Å². The van der Waals surface area contributed by atoms with Crippen molar-refractivity contribution in [2.24, 2.45) is 11.3 Å². The van der Waals surface area contributed by atoms with E-state index in [9.17, 15) is 0 Å². The first kappa shape index (κ1) is 7.59. The van der Waals surface area contributed by atoms with Crippen molar-refractivity contribution in [1.29, 1.82) is 0 Å². The van der Waals surface area contributed by atoms with Crippen LogP contribution in [0.5, 0.6) is 0 Å². The van der Waals surface area contributed by atoms with Crippen LogP contribution in [0.1, 0.15) is 27.2 Å². The van der Waals surface area contributed by atoms with Crippen LogP contribution in [0.3, 0.4) is 0 Å². The molecule has 0 saturated heterocycles. The molecule has 1 unspecified atom stereocenters.